The van der Waals surface area contributed by atoms with Gasteiger partial charge in [0.25, 0.3) is 23.6 Å². The summed E-state index contributed by atoms with van der Waals surface area (Å²) >= 11 is 0. The minimum atomic E-state index is -0.535. The summed E-state index contributed by atoms with van der Waals surface area (Å²) in [5.41, 5.74) is 15.4. The van der Waals surface area contributed by atoms with Crippen molar-refractivity contribution in [1.82, 2.24) is 29.9 Å². The van der Waals surface area contributed by atoms with Gasteiger partial charge in [0.15, 0.2) is 0 Å². The molecule has 516 valence electrons. The van der Waals surface area contributed by atoms with E-state index in [2.05, 4.69) is 180 Å². The fourth-order valence-corrected chi connectivity index (χ4v) is 15.5. The van der Waals surface area contributed by atoms with Crippen molar-refractivity contribution >= 4 is 78.1 Å². The zero-order valence-corrected chi connectivity index (χ0v) is 61.3. The highest BCUT2D eigenvalue weighted by Crippen LogP contribution is 2.57. The Kier molecular flexibility index (Phi) is 15.5. The van der Waals surface area contributed by atoms with Gasteiger partial charge in [0, 0.05) is 68.6 Å². The van der Waals surface area contributed by atoms with E-state index in [1.807, 2.05) is 97.1 Å². The summed E-state index contributed by atoms with van der Waals surface area (Å²) in [7, 11) is 0. The smallest absolute Gasteiger partial charge is 0.266 e. The second-order valence-electron chi connectivity index (χ2n) is 32.1. The first kappa shape index (κ1) is 66.7. The molecular formula is C94H76N8O4. The predicted molar refractivity (Wildman–Crippen MR) is 428 cm³/mol. The molecule has 0 fully saturated rings. The zero-order chi connectivity index (χ0) is 73.6. The number of nitrogens with zero attached hydrogens (tertiary/aromatic N) is 8. The van der Waals surface area contributed by atoms with Crippen LogP contribution in [0.2, 0.25) is 0 Å². The van der Waals surface area contributed by atoms with Crippen molar-refractivity contribution in [2.75, 3.05) is 9.80 Å². The number of amides is 4. The molecule has 8 heterocycles. The van der Waals surface area contributed by atoms with Crippen LogP contribution in [0.25, 0.3) is 133 Å². The number of fused-ring (bicyclic) bond motifs is 2. The SMILES string of the molecule is CC(C)(C)c1ccc(-c2cc3c4c(cc(-c5ccc(C(C)(C)C)cc5)c5c6c(-c7ccc(C(C)(C)C)cc7)cc7c8c(cc(-c9ccc(C(C)(C)C)cc9)c(c2c45)c86)C(=O)N(c2cc(-c4ccccn4)nc(-c4ccccn4)c2)C7=O)C(=O)N(c2cc(-c4ccccn4)nc(-c4ccccn4)c2)C3=O)cc1. The number of carbonyl (C=O) groups excluding carboxylic acids is 4. The summed E-state index contributed by atoms with van der Waals surface area (Å²) < 4.78 is 0. The van der Waals surface area contributed by atoms with Gasteiger partial charge < -0.3 is 0 Å². The number of pyridine rings is 6. The standard InChI is InChI=1S/C94H76N8O4/c1-91(2,3)57-33-25-53(26-34-57)63-49-67-79-68(88(104)101(87(67)103)61-45-75(71-21-13-17-41-95-71)99-76(46-61)72-22-14-18-42-96-72)51-65(55-29-37-59(38-30-55)93(7,8)9)83-84-66(56-31-39-60(40-32-56)94(10,11)12)52-70-80-69(50-64(82(86(80)84)81(63)85(79)83)54-27-35-58(36-28-54)92(4,5)6)89(105)102(90(70)106)62-47-77(73-23-15-19-43-97-73)100-78(48-62)74-24-16-20-44-98-74/h13-52H,1-12H3. The van der Waals surface area contributed by atoms with Crippen molar-refractivity contribution in [3.8, 4) is 90.1 Å². The Hall–Kier alpha value is -12.5. The van der Waals surface area contributed by atoms with Crippen LogP contribution in [0.5, 0.6) is 0 Å². The van der Waals surface area contributed by atoms with Gasteiger partial charge in [-0.1, -0.05) is 204 Å². The van der Waals surface area contributed by atoms with Gasteiger partial charge >= 0.3 is 0 Å². The van der Waals surface area contributed by atoms with Crippen LogP contribution in [0.1, 0.15) is 147 Å². The number of carbonyl (C=O) groups is 4. The molecule has 0 aliphatic carbocycles. The third kappa shape index (κ3) is 11.1. The second kappa shape index (κ2) is 24.6. The maximum Gasteiger partial charge on any atom is 0.266 e. The number of benzene rings is 9. The molecule has 4 amide bonds. The molecule has 9 aromatic carbocycles. The highest BCUT2D eigenvalue weighted by Gasteiger charge is 2.43. The van der Waals surface area contributed by atoms with Crippen molar-refractivity contribution in [3.63, 3.8) is 0 Å². The van der Waals surface area contributed by atoms with E-state index < -0.39 is 23.6 Å². The number of hydrogen-bond acceptors (Lipinski definition) is 10. The molecule has 2 aliphatic heterocycles. The van der Waals surface area contributed by atoms with Gasteiger partial charge in [-0.2, -0.15) is 0 Å². The Bertz CT molecular complexity index is 5400. The molecule has 106 heavy (non-hydrogen) atoms. The average Bonchev–Trinajstić information content (AvgIpc) is 0.666. The Morgan fingerprint density at radius 2 is 0.443 bits per heavy atom. The van der Waals surface area contributed by atoms with E-state index in [4.69, 9.17) is 29.9 Å². The molecule has 0 saturated heterocycles. The first-order chi connectivity index (χ1) is 50.8. The third-order valence-electron chi connectivity index (χ3n) is 21.1. The first-order valence-electron chi connectivity index (χ1n) is 36.0. The maximum absolute atomic E-state index is 16.9. The highest BCUT2D eigenvalue weighted by atomic mass is 16.2. The molecule has 0 bridgehead atoms. The van der Waals surface area contributed by atoms with Crippen LogP contribution in [-0.4, -0.2) is 53.5 Å². The molecule has 15 aromatic rings. The lowest BCUT2D eigenvalue weighted by Crippen LogP contribution is -2.41. The lowest BCUT2D eigenvalue weighted by atomic mass is 9.74. The molecule has 6 aromatic heterocycles. The number of hydrogen-bond donors (Lipinski definition) is 0. The van der Waals surface area contributed by atoms with Crippen molar-refractivity contribution in [3.05, 3.63) is 288 Å². The largest absolute Gasteiger partial charge is 0.268 e. The molecule has 0 unspecified atom stereocenters. The van der Waals surface area contributed by atoms with Crippen LogP contribution in [0.3, 0.4) is 0 Å². The average molecular weight is 1380 g/mol. The summed E-state index contributed by atoms with van der Waals surface area (Å²) in [6.07, 6.45) is 6.78. The van der Waals surface area contributed by atoms with Crippen LogP contribution < -0.4 is 9.80 Å². The molecule has 17 rings (SSSR count). The van der Waals surface area contributed by atoms with Gasteiger partial charge in [0.2, 0.25) is 0 Å². The number of imide groups is 2. The van der Waals surface area contributed by atoms with Crippen molar-refractivity contribution in [1.29, 1.82) is 0 Å². The summed E-state index contributed by atoms with van der Waals surface area (Å²) in [5, 5.41) is 5.32. The van der Waals surface area contributed by atoms with Crippen molar-refractivity contribution in [2.24, 2.45) is 0 Å². The van der Waals surface area contributed by atoms with Crippen LogP contribution in [0.15, 0.2) is 243 Å². The number of anilines is 2. The number of aromatic nitrogens is 6. The fraction of sp³-hybridized carbons (Fsp3) is 0.170. The van der Waals surface area contributed by atoms with Gasteiger partial charge in [0.05, 0.1) is 56.9 Å². The summed E-state index contributed by atoms with van der Waals surface area (Å²) in [6, 6.07) is 71.6. The van der Waals surface area contributed by atoms with Gasteiger partial charge in [-0.25, -0.2) is 19.8 Å². The zero-order valence-electron chi connectivity index (χ0n) is 61.3. The topological polar surface area (TPSA) is 152 Å². The monoisotopic (exact) mass is 1380 g/mol. The van der Waals surface area contributed by atoms with Crippen molar-refractivity contribution < 1.29 is 19.2 Å². The lowest BCUT2D eigenvalue weighted by molar-refractivity contribution is 0.0878. The summed E-state index contributed by atoms with van der Waals surface area (Å²) in [6.45, 7) is 26.3. The Labute approximate surface area is 615 Å². The second-order valence-corrected chi connectivity index (χ2v) is 32.1. The van der Waals surface area contributed by atoms with E-state index in [9.17, 15) is 0 Å². The molecule has 0 saturated carbocycles. The van der Waals surface area contributed by atoms with E-state index in [0.717, 1.165) is 66.1 Å². The minimum Gasteiger partial charge on any atom is -0.268 e. The predicted octanol–water partition coefficient (Wildman–Crippen LogP) is 22.2. The quantitative estimate of drug-likeness (QED) is 0.0735. The van der Waals surface area contributed by atoms with E-state index in [1.165, 1.54) is 9.80 Å². The third-order valence-corrected chi connectivity index (χ3v) is 21.1. The molecule has 12 heteroatoms. The molecule has 2 aliphatic rings. The summed E-state index contributed by atoms with van der Waals surface area (Å²) in [5.74, 6) is -2.14. The highest BCUT2D eigenvalue weighted by molar-refractivity contribution is 6.50. The van der Waals surface area contributed by atoms with Gasteiger partial charge in [-0.05, 0) is 207 Å². The van der Waals surface area contributed by atoms with Crippen molar-refractivity contribution in [2.45, 2.75) is 105 Å². The molecular weight excluding hydrogens is 1310 g/mol. The Morgan fingerprint density at radius 3 is 0.632 bits per heavy atom. The van der Waals surface area contributed by atoms with E-state index in [1.54, 1.807) is 49.1 Å². The van der Waals surface area contributed by atoms with Gasteiger partial charge in [-0.3, -0.25) is 39.1 Å². The van der Waals surface area contributed by atoms with Crippen LogP contribution in [-0.2, 0) is 21.7 Å². The Morgan fingerprint density at radius 1 is 0.226 bits per heavy atom. The lowest BCUT2D eigenvalue weighted by Gasteiger charge is -2.33. The molecule has 0 radical (unpaired) electrons. The normalized spacial score (nSPS) is 13.5. The first-order valence-corrected chi connectivity index (χ1v) is 36.0. The Balaban J connectivity index is 1.07. The number of rotatable bonds is 10. The molecule has 0 N–H and O–H groups in total. The van der Waals surface area contributed by atoms with E-state index >= 15 is 19.2 Å². The summed E-state index contributed by atoms with van der Waals surface area (Å²) in [4.78, 5) is 99.1. The van der Waals surface area contributed by atoms with Gasteiger partial charge in [-0.15, -0.1) is 0 Å². The van der Waals surface area contributed by atoms with Crippen LogP contribution in [0, 0.1) is 0 Å². The molecule has 0 spiro atoms. The van der Waals surface area contributed by atoms with E-state index in [0.29, 0.717) is 123 Å². The maximum atomic E-state index is 16.9. The molecule has 12 nitrogen and oxygen atoms in total. The fourth-order valence-electron chi connectivity index (χ4n) is 15.5. The van der Waals surface area contributed by atoms with Gasteiger partial charge in [0.1, 0.15) is 0 Å². The minimum absolute atomic E-state index is 0.229. The molecule has 0 atom stereocenters. The van der Waals surface area contributed by atoms with Crippen LogP contribution in [0.4, 0.5) is 11.4 Å². The van der Waals surface area contributed by atoms with E-state index in [-0.39, 0.29) is 21.7 Å². The van der Waals surface area contributed by atoms with Crippen LogP contribution >= 0.6 is 0 Å².